The fraction of sp³-hybridized carbons (Fsp3) is 0.154. The molecule has 0 atom stereocenters. The van der Waals surface area contributed by atoms with Gasteiger partial charge in [0.15, 0.2) is 0 Å². The molecule has 0 radical (unpaired) electrons. The Labute approximate surface area is 121 Å². The number of rotatable bonds is 5. The van der Waals surface area contributed by atoms with E-state index < -0.39 is 15.8 Å². The predicted molar refractivity (Wildman–Crippen MR) is 74.2 cm³/mol. The van der Waals surface area contributed by atoms with Crippen LogP contribution in [0.25, 0.3) is 0 Å². The zero-order valence-corrected chi connectivity index (χ0v) is 12.0. The molecular formula is C13H12ClFN2O2S. The number of hydrogen-bond acceptors (Lipinski definition) is 3. The van der Waals surface area contributed by atoms with Gasteiger partial charge in [0.05, 0.1) is 6.20 Å². The van der Waals surface area contributed by atoms with Crippen molar-refractivity contribution in [3.8, 4) is 0 Å². The summed E-state index contributed by atoms with van der Waals surface area (Å²) >= 11 is 5.71. The van der Waals surface area contributed by atoms with Crippen molar-refractivity contribution in [1.82, 2.24) is 9.71 Å². The minimum Gasteiger partial charge on any atom is -0.260 e. The average molecular weight is 315 g/mol. The molecule has 0 aliphatic carbocycles. The van der Waals surface area contributed by atoms with Crippen molar-refractivity contribution < 1.29 is 12.8 Å². The summed E-state index contributed by atoms with van der Waals surface area (Å²) in [5.74, 6) is -0.342. The fourth-order valence-electron chi connectivity index (χ4n) is 1.62. The Balaban J connectivity index is 2.13. The van der Waals surface area contributed by atoms with Gasteiger partial charge >= 0.3 is 0 Å². The van der Waals surface area contributed by atoms with Crippen LogP contribution in [0.15, 0.2) is 47.6 Å². The van der Waals surface area contributed by atoms with Gasteiger partial charge in [-0.05, 0) is 17.2 Å². The third-order valence-corrected chi connectivity index (χ3v) is 4.28. The lowest BCUT2D eigenvalue weighted by Crippen LogP contribution is -2.23. The topological polar surface area (TPSA) is 59.1 Å². The highest BCUT2D eigenvalue weighted by molar-refractivity contribution is 7.89. The summed E-state index contributed by atoms with van der Waals surface area (Å²) in [6, 6.07) is 8.15. The van der Waals surface area contributed by atoms with Crippen molar-refractivity contribution in [3.63, 3.8) is 0 Å². The van der Waals surface area contributed by atoms with Crippen LogP contribution in [-0.4, -0.2) is 13.4 Å². The lowest BCUT2D eigenvalue weighted by molar-refractivity contribution is 0.575. The molecule has 1 aromatic carbocycles. The minimum atomic E-state index is -3.79. The van der Waals surface area contributed by atoms with Crippen LogP contribution in [0.5, 0.6) is 0 Å². The third-order valence-electron chi connectivity index (χ3n) is 2.60. The summed E-state index contributed by atoms with van der Waals surface area (Å²) in [6.45, 7) is 0.101. The van der Waals surface area contributed by atoms with Gasteiger partial charge in [0.1, 0.15) is 10.7 Å². The lowest BCUT2D eigenvalue weighted by Gasteiger charge is -2.07. The first-order valence-corrected chi connectivity index (χ1v) is 7.77. The smallest absolute Gasteiger partial charge is 0.242 e. The summed E-state index contributed by atoms with van der Waals surface area (Å²) in [7, 11) is -3.79. The quantitative estimate of drug-likeness (QED) is 0.862. The van der Waals surface area contributed by atoms with Crippen molar-refractivity contribution in [1.29, 1.82) is 0 Å². The Morgan fingerprint density at radius 2 is 1.95 bits per heavy atom. The molecule has 4 nitrogen and oxygen atoms in total. The summed E-state index contributed by atoms with van der Waals surface area (Å²) in [5.41, 5.74) is 1.67. The zero-order valence-electron chi connectivity index (χ0n) is 10.4. The van der Waals surface area contributed by atoms with Gasteiger partial charge in [-0.1, -0.05) is 24.3 Å². The van der Waals surface area contributed by atoms with E-state index in [2.05, 4.69) is 9.71 Å². The van der Waals surface area contributed by atoms with Gasteiger partial charge in [-0.15, -0.1) is 11.6 Å². The van der Waals surface area contributed by atoms with E-state index in [0.717, 1.165) is 29.6 Å². The highest BCUT2D eigenvalue weighted by atomic mass is 35.5. The highest BCUT2D eigenvalue weighted by Gasteiger charge is 2.14. The number of pyridine rings is 1. The molecule has 0 unspecified atom stereocenters. The van der Waals surface area contributed by atoms with E-state index in [1.165, 1.54) is 0 Å². The molecule has 0 bridgehead atoms. The van der Waals surface area contributed by atoms with E-state index in [0.29, 0.717) is 5.88 Å². The van der Waals surface area contributed by atoms with Gasteiger partial charge in [-0.2, -0.15) is 0 Å². The molecule has 1 heterocycles. The third kappa shape index (κ3) is 3.75. The molecule has 2 rings (SSSR count). The van der Waals surface area contributed by atoms with E-state index in [-0.39, 0.29) is 11.4 Å². The number of nitrogens with zero attached hydrogens (tertiary/aromatic N) is 1. The maximum atomic E-state index is 13.0. The molecule has 1 aromatic heterocycles. The van der Waals surface area contributed by atoms with E-state index in [4.69, 9.17) is 11.6 Å². The second-order valence-electron chi connectivity index (χ2n) is 4.12. The molecule has 0 saturated heterocycles. The van der Waals surface area contributed by atoms with Gasteiger partial charge in [-0.25, -0.2) is 17.5 Å². The number of hydrogen-bond donors (Lipinski definition) is 1. The molecule has 0 spiro atoms. The zero-order chi connectivity index (χ0) is 14.6. The van der Waals surface area contributed by atoms with E-state index in [1.807, 2.05) is 6.07 Å². The number of alkyl halides is 1. The Morgan fingerprint density at radius 3 is 2.65 bits per heavy atom. The molecule has 106 valence electrons. The van der Waals surface area contributed by atoms with Crippen LogP contribution in [0.1, 0.15) is 11.1 Å². The summed E-state index contributed by atoms with van der Waals surface area (Å²) in [6.07, 6.45) is 2.05. The van der Waals surface area contributed by atoms with Gasteiger partial charge in [-0.3, -0.25) is 4.98 Å². The SMILES string of the molecule is O=S(=O)(NCc1cccc(CCl)c1)c1cncc(F)c1. The number of sulfonamides is 1. The molecule has 0 amide bonds. The molecule has 0 aliphatic rings. The van der Waals surface area contributed by atoms with Crippen molar-refractivity contribution in [2.75, 3.05) is 0 Å². The van der Waals surface area contributed by atoms with Gasteiger partial charge in [0, 0.05) is 18.6 Å². The number of nitrogens with one attached hydrogen (secondary N) is 1. The minimum absolute atomic E-state index is 0.101. The Hall–Kier alpha value is -1.50. The number of aromatic nitrogens is 1. The normalized spacial score (nSPS) is 11.5. The van der Waals surface area contributed by atoms with Crippen molar-refractivity contribution in [2.24, 2.45) is 0 Å². The molecule has 2 aromatic rings. The second-order valence-corrected chi connectivity index (χ2v) is 6.15. The van der Waals surface area contributed by atoms with Gasteiger partial charge in [0.25, 0.3) is 0 Å². The monoisotopic (exact) mass is 314 g/mol. The van der Waals surface area contributed by atoms with Gasteiger partial charge in [0.2, 0.25) is 10.0 Å². The van der Waals surface area contributed by atoms with E-state index >= 15 is 0 Å². The molecule has 7 heteroatoms. The van der Waals surface area contributed by atoms with Crippen LogP contribution in [0.2, 0.25) is 0 Å². The van der Waals surface area contributed by atoms with Crippen LogP contribution < -0.4 is 4.72 Å². The summed E-state index contributed by atoms with van der Waals surface area (Å²) in [5, 5.41) is 0. The molecular weight excluding hydrogens is 303 g/mol. The first kappa shape index (κ1) is 14.9. The highest BCUT2D eigenvalue weighted by Crippen LogP contribution is 2.11. The van der Waals surface area contributed by atoms with Crippen LogP contribution >= 0.6 is 11.6 Å². The second kappa shape index (κ2) is 6.30. The van der Waals surface area contributed by atoms with Crippen molar-refractivity contribution in [2.45, 2.75) is 17.3 Å². The first-order valence-electron chi connectivity index (χ1n) is 5.75. The van der Waals surface area contributed by atoms with Crippen molar-refractivity contribution in [3.05, 3.63) is 59.7 Å². The average Bonchev–Trinajstić information content (AvgIpc) is 2.45. The molecule has 0 saturated carbocycles. The summed E-state index contributed by atoms with van der Waals surface area (Å²) < 4.78 is 39.3. The lowest BCUT2D eigenvalue weighted by atomic mass is 10.1. The van der Waals surface area contributed by atoms with Crippen LogP contribution in [0, 0.1) is 5.82 Å². The largest absolute Gasteiger partial charge is 0.260 e. The number of halogens is 2. The molecule has 20 heavy (non-hydrogen) atoms. The van der Waals surface area contributed by atoms with Crippen molar-refractivity contribution >= 4 is 21.6 Å². The molecule has 1 N–H and O–H groups in total. The molecule has 0 aliphatic heterocycles. The number of benzene rings is 1. The van der Waals surface area contributed by atoms with Crippen LogP contribution in [0.4, 0.5) is 4.39 Å². The first-order chi connectivity index (χ1) is 9.51. The predicted octanol–water partition coefficient (Wildman–Crippen LogP) is 2.44. The maximum Gasteiger partial charge on any atom is 0.242 e. The fourth-order valence-corrected chi connectivity index (χ4v) is 2.78. The van der Waals surface area contributed by atoms with Crippen LogP contribution in [0.3, 0.4) is 0 Å². The van der Waals surface area contributed by atoms with Crippen LogP contribution in [-0.2, 0) is 22.4 Å². The van der Waals surface area contributed by atoms with Gasteiger partial charge < -0.3 is 0 Å². The standard InChI is InChI=1S/C13H12ClFN2O2S/c14-6-10-2-1-3-11(4-10)7-17-20(18,19)13-5-12(15)8-16-9-13/h1-5,8-9,17H,6-7H2. The van der Waals surface area contributed by atoms with E-state index in [1.54, 1.807) is 18.2 Å². The Morgan fingerprint density at radius 1 is 1.20 bits per heavy atom. The Bertz CT molecular complexity index is 707. The van der Waals surface area contributed by atoms with E-state index in [9.17, 15) is 12.8 Å². The molecule has 0 fully saturated rings. The summed E-state index contributed by atoms with van der Waals surface area (Å²) in [4.78, 5) is 3.32. The Kier molecular flexibility index (Phi) is 4.69. The maximum absolute atomic E-state index is 13.0.